The molecule has 2 heteroatoms. The topological polar surface area (TPSA) is 12.5 Å². The predicted molar refractivity (Wildman–Crippen MR) is 58.6 cm³/mol. The Labute approximate surface area is 87.6 Å². The molecule has 0 saturated carbocycles. The van der Waals surface area contributed by atoms with E-state index in [1.54, 1.807) is 0 Å². The molecule has 0 aromatic carbocycles. The van der Waals surface area contributed by atoms with Crippen molar-refractivity contribution >= 4 is 0 Å². The first-order valence-corrected chi connectivity index (χ1v) is 5.27. The van der Waals surface area contributed by atoms with Crippen LogP contribution in [0.3, 0.4) is 0 Å². The Kier molecular flexibility index (Phi) is 3.24. The Bertz CT molecular complexity index is 221. The molecule has 1 rings (SSSR count). The van der Waals surface area contributed by atoms with Gasteiger partial charge in [0.1, 0.15) is 6.61 Å². The smallest absolute Gasteiger partial charge is 0.129 e. The number of terminal acetylenes is 1. The molecule has 0 bridgehead atoms. The van der Waals surface area contributed by atoms with E-state index in [1.807, 2.05) is 0 Å². The fourth-order valence-electron chi connectivity index (χ4n) is 2.43. The van der Waals surface area contributed by atoms with Gasteiger partial charge >= 0.3 is 0 Å². The Morgan fingerprint density at radius 2 is 1.71 bits per heavy atom. The Balaban J connectivity index is 2.76. The molecule has 2 nitrogen and oxygen atoms in total. The van der Waals surface area contributed by atoms with Crippen molar-refractivity contribution in [3.8, 4) is 12.3 Å². The molecular weight excluding hydrogens is 174 g/mol. The van der Waals surface area contributed by atoms with Crippen LogP contribution in [0.1, 0.15) is 47.0 Å². The molecule has 0 aromatic heterocycles. The summed E-state index contributed by atoms with van der Waals surface area (Å²) in [6.07, 6.45) is 8.82. The third-order valence-electron chi connectivity index (χ3n) is 2.95. The normalized spacial score (nSPS) is 25.6. The van der Waals surface area contributed by atoms with Gasteiger partial charge in [-0.2, -0.15) is 5.06 Å². The number of piperidine rings is 1. The zero-order valence-electron chi connectivity index (χ0n) is 9.76. The number of nitrogens with zero attached hydrogens (tertiary/aromatic N) is 1. The molecule has 0 unspecified atom stereocenters. The second-order valence-electron chi connectivity index (χ2n) is 5.25. The highest BCUT2D eigenvalue weighted by molar-refractivity contribution is 4.93. The molecule has 1 aliphatic heterocycles. The van der Waals surface area contributed by atoms with Gasteiger partial charge in [-0.1, -0.05) is 5.92 Å². The monoisotopic (exact) mass is 195 g/mol. The number of rotatable bonds is 2. The molecule has 1 saturated heterocycles. The maximum absolute atomic E-state index is 5.66. The quantitative estimate of drug-likeness (QED) is 0.628. The van der Waals surface area contributed by atoms with Crippen LogP contribution in [0.4, 0.5) is 0 Å². The lowest BCUT2D eigenvalue weighted by atomic mass is 9.82. The molecule has 0 atom stereocenters. The lowest BCUT2D eigenvalue weighted by Crippen LogP contribution is -2.58. The third kappa shape index (κ3) is 2.29. The van der Waals surface area contributed by atoms with Crippen LogP contribution < -0.4 is 0 Å². The molecule has 0 aromatic rings. The largest absolute Gasteiger partial charge is 0.285 e. The Hall–Kier alpha value is -0.520. The minimum Gasteiger partial charge on any atom is -0.285 e. The van der Waals surface area contributed by atoms with E-state index in [0.29, 0.717) is 6.61 Å². The van der Waals surface area contributed by atoms with E-state index in [1.165, 1.54) is 19.3 Å². The van der Waals surface area contributed by atoms with Crippen LogP contribution in [0.15, 0.2) is 0 Å². The Morgan fingerprint density at radius 1 is 1.21 bits per heavy atom. The van der Waals surface area contributed by atoms with Crippen molar-refractivity contribution in [1.82, 2.24) is 5.06 Å². The molecule has 0 aliphatic carbocycles. The number of hydrogen-bond acceptors (Lipinski definition) is 2. The minimum atomic E-state index is 0.0958. The summed E-state index contributed by atoms with van der Waals surface area (Å²) >= 11 is 0. The number of hydroxylamine groups is 2. The molecular formula is C12H21NO. The highest BCUT2D eigenvalue weighted by Crippen LogP contribution is 2.38. The van der Waals surface area contributed by atoms with Crippen LogP contribution in [0, 0.1) is 12.3 Å². The lowest BCUT2D eigenvalue weighted by molar-refractivity contribution is -0.273. The van der Waals surface area contributed by atoms with E-state index in [9.17, 15) is 0 Å². The molecule has 1 fully saturated rings. The first-order chi connectivity index (χ1) is 6.40. The van der Waals surface area contributed by atoms with Crippen molar-refractivity contribution < 1.29 is 4.84 Å². The first-order valence-electron chi connectivity index (χ1n) is 5.27. The van der Waals surface area contributed by atoms with Crippen LogP contribution in [0.5, 0.6) is 0 Å². The second-order valence-corrected chi connectivity index (χ2v) is 5.25. The van der Waals surface area contributed by atoms with Gasteiger partial charge < -0.3 is 0 Å². The van der Waals surface area contributed by atoms with Crippen molar-refractivity contribution in [2.45, 2.75) is 58.0 Å². The molecule has 80 valence electrons. The first kappa shape index (κ1) is 11.6. The Morgan fingerprint density at radius 3 is 2.14 bits per heavy atom. The van der Waals surface area contributed by atoms with Gasteiger partial charge in [0.15, 0.2) is 0 Å². The van der Waals surface area contributed by atoms with Gasteiger partial charge in [0.05, 0.1) is 0 Å². The van der Waals surface area contributed by atoms with E-state index < -0.39 is 0 Å². The molecule has 1 aliphatic rings. The van der Waals surface area contributed by atoms with Crippen molar-refractivity contribution in [3.63, 3.8) is 0 Å². The second kappa shape index (κ2) is 3.92. The van der Waals surface area contributed by atoms with Crippen LogP contribution in [-0.2, 0) is 4.84 Å². The summed E-state index contributed by atoms with van der Waals surface area (Å²) in [6.45, 7) is 9.22. The van der Waals surface area contributed by atoms with Gasteiger partial charge in [0.25, 0.3) is 0 Å². The molecule has 14 heavy (non-hydrogen) atoms. The third-order valence-corrected chi connectivity index (χ3v) is 2.95. The van der Waals surface area contributed by atoms with E-state index in [-0.39, 0.29) is 11.1 Å². The van der Waals surface area contributed by atoms with Crippen molar-refractivity contribution in [2.75, 3.05) is 6.61 Å². The highest BCUT2D eigenvalue weighted by atomic mass is 16.7. The summed E-state index contributed by atoms with van der Waals surface area (Å²) in [4.78, 5) is 5.66. The van der Waals surface area contributed by atoms with Crippen LogP contribution in [0.25, 0.3) is 0 Å². The predicted octanol–water partition coefficient (Wildman–Crippen LogP) is 2.59. The SMILES string of the molecule is C#CCON1C(C)(C)CCCC1(C)C. The van der Waals surface area contributed by atoms with Crippen LogP contribution in [0.2, 0.25) is 0 Å². The number of hydrogen-bond donors (Lipinski definition) is 0. The van der Waals surface area contributed by atoms with Gasteiger partial charge in [-0.15, -0.1) is 6.42 Å². The van der Waals surface area contributed by atoms with Gasteiger partial charge in [0.2, 0.25) is 0 Å². The molecule has 1 heterocycles. The van der Waals surface area contributed by atoms with E-state index in [0.717, 1.165) is 0 Å². The summed E-state index contributed by atoms with van der Waals surface area (Å²) in [6, 6.07) is 0. The van der Waals surface area contributed by atoms with Gasteiger partial charge in [-0.25, -0.2) is 0 Å². The molecule has 0 radical (unpaired) electrons. The van der Waals surface area contributed by atoms with Gasteiger partial charge in [-0.3, -0.25) is 4.84 Å². The molecule has 0 N–H and O–H groups in total. The summed E-state index contributed by atoms with van der Waals surface area (Å²) in [7, 11) is 0. The van der Waals surface area contributed by atoms with E-state index in [4.69, 9.17) is 11.3 Å². The van der Waals surface area contributed by atoms with Gasteiger partial charge in [0, 0.05) is 11.1 Å². The fraction of sp³-hybridized carbons (Fsp3) is 0.833. The zero-order valence-corrected chi connectivity index (χ0v) is 9.76. The fourth-order valence-corrected chi connectivity index (χ4v) is 2.43. The van der Waals surface area contributed by atoms with E-state index in [2.05, 4.69) is 38.7 Å². The minimum absolute atomic E-state index is 0.0958. The molecule has 0 spiro atoms. The average Bonchev–Trinajstić information content (AvgIpc) is 2.01. The van der Waals surface area contributed by atoms with Crippen molar-refractivity contribution in [1.29, 1.82) is 0 Å². The average molecular weight is 195 g/mol. The summed E-state index contributed by atoms with van der Waals surface area (Å²) in [5.74, 6) is 2.53. The highest BCUT2D eigenvalue weighted by Gasteiger charge is 2.42. The maximum atomic E-state index is 5.66. The maximum Gasteiger partial charge on any atom is 0.129 e. The summed E-state index contributed by atoms with van der Waals surface area (Å²) in [5.41, 5.74) is 0.192. The summed E-state index contributed by atoms with van der Waals surface area (Å²) < 4.78 is 0. The molecule has 0 amide bonds. The standard InChI is InChI=1S/C12H21NO/c1-6-10-14-13-11(2,3)8-7-9-12(13,4)5/h1H,7-10H2,2-5H3. The van der Waals surface area contributed by atoms with Crippen LogP contribution in [-0.4, -0.2) is 22.7 Å². The lowest BCUT2D eigenvalue weighted by Gasteiger charge is -2.51. The van der Waals surface area contributed by atoms with Gasteiger partial charge in [-0.05, 0) is 47.0 Å². The summed E-state index contributed by atoms with van der Waals surface area (Å²) in [5, 5.41) is 2.09. The van der Waals surface area contributed by atoms with Crippen molar-refractivity contribution in [2.24, 2.45) is 0 Å². The zero-order chi connectivity index (χ0) is 10.8. The van der Waals surface area contributed by atoms with Crippen LogP contribution >= 0.6 is 0 Å². The van der Waals surface area contributed by atoms with Crippen molar-refractivity contribution in [3.05, 3.63) is 0 Å². The van der Waals surface area contributed by atoms with E-state index >= 15 is 0 Å².